The molecule has 2 N–H and O–H groups in total. The summed E-state index contributed by atoms with van der Waals surface area (Å²) in [6.45, 7) is 1.99. The molecular weight excluding hydrogens is 220 g/mol. The van der Waals surface area contributed by atoms with Gasteiger partial charge in [0, 0.05) is 17.7 Å². The van der Waals surface area contributed by atoms with Crippen molar-refractivity contribution in [1.82, 2.24) is 9.78 Å². The van der Waals surface area contributed by atoms with Crippen LogP contribution in [0.1, 0.15) is 12.5 Å². The summed E-state index contributed by atoms with van der Waals surface area (Å²) in [5.74, 6) is 0.571. The van der Waals surface area contributed by atoms with Crippen LogP contribution in [-0.4, -0.2) is 14.7 Å². The second-order valence-corrected chi connectivity index (χ2v) is 3.59. The molecule has 1 heterocycles. The first-order valence-electron chi connectivity index (χ1n) is 5.20. The molecule has 88 valence electrons. The molecule has 17 heavy (non-hydrogen) atoms. The highest BCUT2D eigenvalue weighted by molar-refractivity contribution is 5.49. The van der Waals surface area contributed by atoms with Gasteiger partial charge in [-0.2, -0.15) is 5.10 Å². The Bertz CT molecular complexity index is 545. The number of nitro benzene ring substituents is 1. The van der Waals surface area contributed by atoms with Gasteiger partial charge in [-0.3, -0.25) is 10.1 Å². The Balaban J connectivity index is 2.39. The lowest BCUT2D eigenvalue weighted by atomic mass is 10.2. The largest absolute Gasteiger partial charge is 0.383 e. The van der Waals surface area contributed by atoms with E-state index in [1.54, 1.807) is 23.0 Å². The van der Waals surface area contributed by atoms with Crippen molar-refractivity contribution in [2.45, 2.75) is 13.3 Å². The number of nitro groups is 1. The fourth-order valence-electron chi connectivity index (χ4n) is 1.59. The van der Waals surface area contributed by atoms with Gasteiger partial charge in [0.1, 0.15) is 5.82 Å². The number of aryl methyl sites for hydroxylation is 1. The molecule has 0 atom stereocenters. The number of hydrogen-bond acceptors (Lipinski definition) is 4. The number of nitrogens with zero attached hydrogens (tertiary/aromatic N) is 3. The fourth-order valence-corrected chi connectivity index (χ4v) is 1.59. The molecule has 0 unspecified atom stereocenters. The number of hydrogen-bond donors (Lipinski definition) is 1. The van der Waals surface area contributed by atoms with Crippen LogP contribution in [-0.2, 0) is 6.42 Å². The Kier molecular flexibility index (Phi) is 2.78. The van der Waals surface area contributed by atoms with E-state index in [1.807, 2.05) is 6.92 Å². The van der Waals surface area contributed by atoms with Crippen molar-refractivity contribution in [2.24, 2.45) is 0 Å². The summed E-state index contributed by atoms with van der Waals surface area (Å²) in [6, 6.07) is 6.12. The van der Waals surface area contributed by atoms with E-state index in [0.29, 0.717) is 11.5 Å². The number of nitrogen functional groups attached to an aromatic ring is 1. The molecule has 0 saturated carbocycles. The van der Waals surface area contributed by atoms with Crippen LogP contribution in [0.15, 0.2) is 30.5 Å². The highest BCUT2D eigenvalue weighted by Gasteiger charge is 2.09. The van der Waals surface area contributed by atoms with Gasteiger partial charge in [0.05, 0.1) is 16.8 Å². The van der Waals surface area contributed by atoms with Crippen LogP contribution in [0.4, 0.5) is 11.5 Å². The average Bonchev–Trinajstić information content (AvgIpc) is 2.70. The van der Waals surface area contributed by atoms with Crippen LogP contribution in [0.25, 0.3) is 5.69 Å². The predicted octanol–water partition coefficient (Wildman–Crippen LogP) is 1.93. The third-order valence-electron chi connectivity index (χ3n) is 2.57. The summed E-state index contributed by atoms with van der Waals surface area (Å²) in [5, 5.41) is 14.7. The summed E-state index contributed by atoms with van der Waals surface area (Å²) in [4.78, 5) is 10.1. The van der Waals surface area contributed by atoms with E-state index in [1.165, 1.54) is 12.1 Å². The Morgan fingerprint density at radius 1 is 1.41 bits per heavy atom. The SMILES string of the molecule is CCc1cnn(-c2ccc([N+](=O)[O-])cc2)c1N. The van der Waals surface area contributed by atoms with Gasteiger partial charge in [0.2, 0.25) is 0 Å². The van der Waals surface area contributed by atoms with Crippen LogP contribution >= 0.6 is 0 Å². The maximum Gasteiger partial charge on any atom is 0.269 e. The quantitative estimate of drug-likeness (QED) is 0.647. The summed E-state index contributed by atoms with van der Waals surface area (Å²) in [7, 11) is 0. The predicted molar refractivity (Wildman–Crippen MR) is 64.0 cm³/mol. The van der Waals surface area contributed by atoms with Gasteiger partial charge in [-0.05, 0) is 18.6 Å². The normalized spacial score (nSPS) is 10.4. The Hall–Kier alpha value is -2.37. The van der Waals surface area contributed by atoms with Gasteiger partial charge < -0.3 is 5.73 Å². The second kappa shape index (κ2) is 4.25. The van der Waals surface area contributed by atoms with E-state index >= 15 is 0 Å². The lowest BCUT2D eigenvalue weighted by Gasteiger charge is -2.04. The summed E-state index contributed by atoms with van der Waals surface area (Å²) in [6.07, 6.45) is 2.51. The minimum atomic E-state index is -0.437. The number of anilines is 1. The topological polar surface area (TPSA) is 87.0 Å². The molecular formula is C11H12N4O2. The standard InChI is InChI=1S/C11H12N4O2/c1-2-8-7-13-14(11(8)12)9-3-5-10(6-4-9)15(16)17/h3-7H,2,12H2,1H3. The summed E-state index contributed by atoms with van der Waals surface area (Å²) < 4.78 is 1.57. The fraction of sp³-hybridized carbons (Fsp3) is 0.182. The van der Waals surface area contributed by atoms with Crippen molar-refractivity contribution < 1.29 is 4.92 Å². The van der Waals surface area contributed by atoms with Crippen molar-refractivity contribution in [3.63, 3.8) is 0 Å². The van der Waals surface area contributed by atoms with Crippen LogP contribution in [0, 0.1) is 10.1 Å². The van der Waals surface area contributed by atoms with Crippen molar-refractivity contribution in [3.05, 3.63) is 46.1 Å². The van der Waals surface area contributed by atoms with Crippen molar-refractivity contribution in [3.8, 4) is 5.69 Å². The molecule has 1 aromatic heterocycles. The Morgan fingerprint density at radius 3 is 2.53 bits per heavy atom. The van der Waals surface area contributed by atoms with E-state index in [2.05, 4.69) is 5.10 Å². The number of benzene rings is 1. The van der Waals surface area contributed by atoms with Crippen LogP contribution in [0.5, 0.6) is 0 Å². The maximum atomic E-state index is 10.5. The molecule has 1 aromatic carbocycles. The van der Waals surface area contributed by atoms with Gasteiger partial charge in [-0.1, -0.05) is 6.92 Å². The lowest BCUT2D eigenvalue weighted by molar-refractivity contribution is -0.384. The average molecular weight is 232 g/mol. The Labute approximate surface area is 97.8 Å². The molecule has 6 heteroatoms. The monoisotopic (exact) mass is 232 g/mol. The van der Waals surface area contributed by atoms with E-state index in [-0.39, 0.29) is 5.69 Å². The summed E-state index contributed by atoms with van der Waals surface area (Å²) >= 11 is 0. The van der Waals surface area contributed by atoms with Crippen molar-refractivity contribution >= 4 is 11.5 Å². The van der Waals surface area contributed by atoms with E-state index < -0.39 is 4.92 Å². The molecule has 0 aliphatic rings. The highest BCUT2D eigenvalue weighted by Crippen LogP contribution is 2.19. The third-order valence-corrected chi connectivity index (χ3v) is 2.57. The van der Waals surface area contributed by atoms with Crippen molar-refractivity contribution in [1.29, 1.82) is 0 Å². The zero-order valence-electron chi connectivity index (χ0n) is 9.33. The molecule has 0 amide bonds. The lowest BCUT2D eigenvalue weighted by Crippen LogP contribution is -2.03. The van der Waals surface area contributed by atoms with Gasteiger partial charge >= 0.3 is 0 Å². The maximum absolute atomic E-state index is 10.5. The smallest absolute Gasteiger partial charge is 0.269 e. The molecule has 0 saturated heterocycles. The molecule has 2 rings (SSSR count). The van der Waals surface area contributed by atoms with E-state index in [4.69, 9.17) is 5.73 Å². The molecule has 0 aliphatic carbocycles. The van der Waals surface area contributed by atoms with Gasteiger partial charge in [0.25, 0.3) is 5.69 Å². The molecule has 0 bridgehead atoms. The first-order valence-corrected chi connectivity index (χ1v) is 5.20. The Morgan fingerprint density at radius 2 is 2.06 bits per heavy atom. The molecule has 0 aliphatic heterocycles. The second-order valence-electron chi connectivity index (χ2n) is 3.59. The first kappa shape index (κ1) is 11.1. The van der Waals surface area contributed by atoms with Crippen LogP contribution < -0.4 is 5.73 Å². The number of non-ortho nitro benzene ring substituents is 1. The van der Waals surface area contributed by atoms with Crippen molar-refractivity contribution in [2.75, 3.05) is 5.73 Å². The molecule has 0 spiro atoms. The first-order chi connectivity index (χ1) is 8.13. The van der Waals surface area contributed by atoms with Crippen LogP contribution in [0.3, 0.4) is 0 Å². The molecule has 2 aromatic rings. The van der Waals surface area contributed by atoms with Gasteiger partial charge in [0.15, 0.2) is 0 Å². The number of aromatic nitrogens is 2. The van der Waals surface area contributed by atoms with Gasteiger partial charge in [-0.25, -0.2) is 4.68 Å². The zero-order chi connectivity index (χ0) is 12.4. The molecule has 6 nitrogen and oxygen atoms in total. The minimum absolute atomic E-state index is 0.0511. The van der Waals surface area contributed by atoms with Gasteiger partial charge in [-0.15, -0.1) is 0 Å². The summed E-state index contributed by atoms with van der Waals surface area (Å²) in [5.41, 5.74) is 7.64. The number of nitrogens with two attached hydrogens (primary N) is 1. The highest BCUT2D eigenvalue weighted by atomic mass is 16.6. The number of rotatable bonds is 3. The molecule has 0 radical (unpaired) electrons. The minimum Gasteiger partial charge on any atom is -0.383 e. The zero-order valence-corrected chi connectivity index (χ0v) is 9.33. The van der Waals surface area contributed by atoms with E-state index in [0.717, 1.165) is 12.0 Å². The molecule has 0 fully saturated rings. The van der Waals surface area contributed by atoms with E-state index in [9.17, 15) is 10.1 Å². The third kappa shape index (κ3) is 1.96. The van der Waals surface area contributed by atoms with Crippen LogP contribution in [0.2, 0.25) is 0 Å².